The summed E-state index contributed by atoms with van der Waals surface area (Å²) in [6, 6.07) is 19.2. The number of hydrogen-bond acceptors (Lipinski definition) is 1. The van der Waals surface area contributed by atoms with Gasteiger partial charge in [0.2, 0.25) is 0 Å². The lowest BCUT2D eigenvalue weighted by atomic mass is 9.70. The van der Waals surface area contributed by atoms with Gasteiger partial charge in [0.15, 0.2) is 0 Å². The van der Waals surface area contributed by atoms with Gasteiger partial charge in [-0.2, -0.15) is 0 Å². The molecule has 1 unspecified atom stereocenters. The fourth-order valence-electron chi connectivity index (χ4n) is 5.39. The molecule has 0 amide bonds. The second-order valence-electron chi connectivity index (χ2n) is 8.64. The number of benzene rings is 3. The molecule has 31 heavy (non-hydrogen) atoms. The van der Waals surface area contributed by atoms with Gasteiger partial charge in [-0.25, -0.2) is 0 Å². The zero-order valence-corrected chi connectivity index (χ0v) is 18.2. The summed E-state index contributed by atoms with van der Waals surface area (Å²) < 4.78 is 41.9. The number of aryl methyl sites for hydroxylation is 1. The average molecular weight is 427 g/mol. The number of fused-ring (bicyclic) bond motifs is 5. The third-order valence-electron chi connectivity index (χ3n) is 6.70. The van der Waals surface area contributed by atoms with Gasteiger partial charge in [-0.15, -0.1) is 13.2 Å². The van der Waals surface area contributed by atoms with Crippen molar-refractivity contribution < 1.29 is 17.9 Å². The summed E-state index contributed by atoms with van der Waals surface area (Å²) in [4.78, 5) is 0. The maximum atomic E-state index is 12.6. The Morgan fingerprint density at radius 1 is 0.839 bits per heavy atom. The maximum Gasteiger partial charge on any atom is 0.522 e. The normalized spacial score (nSPS) is 17.7. The number of unbranched alkanes of at least 4 members (excludes halogenated alkanes) is 2. The molecular formula is C27H29F3O. The van der Waals surface area contributed by atoms with Crippen molar-refractivity contribution in [2.45, 2.75) is 64.1 Å². The van der Waals surface area contributed by atoms with Gasteiger partial charge < -0.3 is 0 Å². The van der Waals surface area contributed by atoms with Crippen LogP contribution in [-0.2, 0) is 10.2 Å². The number of rotatable bonds is 8. The summed E-state index contributed by atoms with van der Waals surface area (Å²) in [7, 11) is 0. The second kappa shape index (κ2) is 8.66. The third-order valence-corrected chi connectivity index (χ3v) is 6.70. The van der Waals surface area contributed by atoms with E-state index in [4.69, 9.17) is 0 Å². The predicted molar refractivity (Wildman–Crippen MR) is 120 cm³/mol. The van der Waals surface area contributed by atoms with Crippen molar-refractivity contribution in [1.29, 1.82) is 0 Å². The van der Waals surface area contributed by atoms with E-state index in [0.717, 1.165) is 25.7 Å². The van der Waals surface area contributed by atoms with Crippen molar-refractivity contribution in [2.24, 2.45) is 0 Å². The minimum absolute atomic E-state index is 0.273. The van der Waals surface area contributed by atoms with Gasteiger partial charge in [0.05, 0.1) is 6.61 Å². The number of hydrogen-bond donors (Lipinski definition) is 0. The van der Waals surface area contributed by atoms with Gasteiger partial charge in [0.25, 0.3) is 0 Å². The highest BCUT2D eigenvalue weighted by Crippen LogP contribution is 2.56. The van der Waals surface area contributed by atoms with E-state index in [1.807, 2.05) is 0 Å². The van der Waals surface area contributed by atoms with Gasteiger partial charge in [0.1, 0.15) is 0 Å². The predicted octanol–water partition coefficient (Wildman–Crippen LogP) is 8.31. The molecule has 3 aromatic carbocycles. The molecule has 0 saturated carbocycles. The molecule has 0 aromatic heterocycles. The lowest BCUT2D eigenvalue weighted by Crippen LogP contribution is -2.27. The molecule has 0 spiro atoms. The first kappa shape index (κ1) is 21.9. The quantitative estimate of drug-likeness (QED) is 0.329. The average Bonchev–Trinajstić information content (AvgIpc) is 3.01. The van der Waals surface area contributed by atoms with E-state index in [9.17, 15) is 13.2 Å². The van der Waals surface area contributed by atoms with Crippen molar-refractivity contribution in [1.82, 2.24) is 0 Å². The van der Waals surface area contributed by atoms with E-state index in [2.05, 4.69) is 73.2 Å². The summed E-state index contributed by atoms with van der Waals surface area (Å²) in [5.41, 5.74) is 5.95. The number of halogens is 3. The topological polar surface area (TPSA) is 9.23 Å². The van der Waals surface area contributed by atoms with E-state index in [-0.39, 0.29) is 12.0 Å². The molecule has 3 aromatic rings. The molecule has 0 saturated heterocycles. The molecule has 1 aliphatic carbocycles. The Balaban J connectivity index is 1.84. The molecule has 1 atom stereocenters. The molecule has 164 valence electrons. The first-order chi connectivity index (χ1) is 14.9. The molecule has 0 fully saturated rings. The Morgan fingerprint density at radius 2 is 1.52 bits per heavy atom. The van der Waals surface area contributed by atoms with Crippen LogP contribution in [0.4, 0.5) is 13.2 Å². The molecule has 0 bridgehead atoms. The first-order valence-electron chi connectivity index (χ1n) is 11.2. The van der Waals surface area contributed by atoms with Crippen LogP contribution in [0.5, 0.6) is 0 Å². The van der Waals surface area contributed by atoms with Crippen molar-refractivity contribution in [3.63, 3.8) is 0 Å². The molecule has 0 N–H and O–H groups in total. The Hall–Kier alpha value is -2.33. The highest BCUT2D eigenvalue weighted by molar-refractivity contribution is 6.03. The Labute approximate surface area is 182 Å². The van der Waals surface area contributed by atoms with E-state index < -0.39 is 6.36 Å². The summed E-state index contributed by atoms with van der Waals surface area (Å²) in [5, 5.41) is 2.47. The van der Waals surface area contributed by atoms with Gasteiger partial charge in [0, 0.05) is 5.41 Å². The van der Waals surface area contributed by atoms with Crippen molar-refractivity contribution in [3.8, 4) is 11.1 Å². The summed E-state index contributed by atoms with van der Waals surface area (Å²) in [6.07, 6.45) is 0.655. The molecule has 1 aliphatic rings. The van der Waals surface area contributed by atoms with Crippen LogP contribution in [0.1, 0.15) is 62.1 Å². The highest BCUT2D eigenvalue weighted by atomic mass is 19.4. The fraction of sp³-hybridized carbons (Fsp3) is 0.407. The summed E-state index contributed by atoms with van der Waals surface area (Å²) >= 11 is 0. The van der Waals surface area contributed by atoms with Crippen LogP contribution in [0.25, 0.3) is 21.9 Å². The van der Waals surface area contributed by atoms with Crippen LogP contribution in [0.3, 0.4) is 0 Å². The van der Waals surface area contributed by atoms with Crippen molar-refractivity contribution >= 4 is 10.8 Å². The van der Waals surface area contributed by atoms with Gasteiger partial charge in [-0.1, -0.05) is 80.8 Å². The molecule has 0 heterocycles. The van der Waals surface area contributed by atoms with Crippen LogP contribution < -0.4 is 0 Å². The van der Waals surface area contributed by atoms with Gasteiger partial charge in [-0.3, -0.25) is 4.74 Å². The minimum atomic E-state index is -4.58. The smallest absolute Gasteiger partial charge is 0.292 e. The largest absolute Gasteiger partial charge is 0.522 e. The molecule has 4 rings (SSSR count). The van der Waals surface area contributed by atoms with Crippen LogP contribution in [-0.4, -0.2) is 13.0 Å². The molecule has 1 nitrogen and oxygen atoms in total. The maximum absolute atomic E-state index is 12.6. The highest BCUT2D eigenvalue weighted by Gasteiger charge is 2.43. The number of ether oxygens (including phenoxy) is 1. The molecule has 0 aliphatic heterocycles. The fourth-order valence-corrected chi connectivity index (χ4v) is 5.39. The van der Waals surface area contributed by atoms with Gasteiger partial charge >= 0.3 is 6.36 Å². The van der Waals surface area contributed by atoms with Gasteiger partial charge in [-0.05, 0) is 64.8 Å². The molecule has 0 radical (unpaired) electrons. The Kier molecular flexibility index (Phi) is 6.11. The van der Waals surface area contributed by atoms with Crippen LogP contribution in [0.2, 0.25) is 0 Å². The second-order valence-corrected chi connectivity index (χ2v) is 8.64. The zero-order chi connectivity index (χ0) is 22.1. The van der Waals surface area contributed by atoms with E-state index in [1.165, 1.54) is 38.6 Å². The lowest BCUT2D eigenvalue weighted by Gasteiger charge is -2.33. The van der Waals surface area contributed by atoms with E-state index in [0.29, 0.717) is 12.8 Å². The minimum Gasteiger partial charge on any atom is -0.292 e. The monoisotopic (exact) mass is 426 g/mol. The third kappa shape index (κ3) is 4.10. The van der Waals surface area contributed by atoms with E-state index in [1.54, 1.807) is 0 Å². The van der Waals surface area contributed by atoms with Crippen LogP contribution in [0, 0.1) is 6.92 Å². The Bertz CT molecular complexity index is 1070. The molecular weight excluding hydrogens is 397 g/mol. The first-order valence-corrected chi connectivity index (χ1v) is 11.2. The van der Waals surface area contributed by atoms with Crippen LogP contribution in [0.15, 0.2) is 54.6 Å². The van der Waals surface area contributed by atoms with Crippen molar-refractivity contribution in [3.05, 3.63) is 71.3 Å². The standard InChI is InChI=1S/C27H29F3O/c1-3-4-9-15-26(16-10-17-31-27(28,29)30)23-14-8-7-13-22(23)25-21-12-6-5-11-20(21)19(2)18-24(25)26/h5-8,11-14,18H,3-4,9-10,15-17H2,1-2H3. The summed E-state index contributed by atoms with van der Waals surface area (Å²) in [6.45, 7) is 4.01. The lowest BCUT2D eigenvalue weighted by molar-refractivity contribution is -0.324. The number of alkyl halides is 3. The Morgan fingerprint density at radius 3 is 2.26 bits per heavy atom. The van der Waals surface area contributed by atoms with Crippen molar-refractivity contribution in [2.75, 3.05) is 6.61 Å². The summed E-state index contributed by atoms with van der Waals surface area (Å²) in [5.74, 6) is 0. The molecule has 4 heteroatoms. The van der Waals surface area contributed by atoms with E-state index >= 15 is 0 Å². The zero-order valence-electron chi connectivity index (χ0n) is 18.2. The van der Waals surface area contributed by atoms with Crippen LogP contribution >= 0.6 is 0 Å². The SMILES string of the molecule is CCCCCC1(CCCOC(F)(F)F)c2ccccc2-c2c1cc(C)c1ccccc21.